The van der Waals surface area contributed by atoms with Crippen LogP contribution in [0.4, 0.5) is 22.0 Å². The monoisotopic (exact) mass is 424 g/mol. The summed E-state index contributed by atoms with van der Waals surface area (Å²) >= 11 is 0. The lowest BCUT2D eigenvalue weighted by Crippen LogP contribution is -2.39. The third kappa shape index (κ3) is 4.37. The summed E-state index contributed by atoms with van der Waals surface area (Å²) in [5.74, 6) is -8.73. The van der Waals surface area contributed by atoms with E-state index in [9.17, 15) is 31.5 Å². The van der Waals surface area contributed by atoms with E-state index in [0.29, 0.717) is 5.69 Å². The number of hydrogen-bond donors (Lipinski definition) is 0. The lowest BCUT2D eigenvalue weighted by molar-refractivity contribution is -0.167. The van der Waals surface area contributed by atoms with Crippen LogP contribution in [0.25, 0.3) is 5.69 Å². The molecule has 156 valence electrons. The van der Waals surface area contributed by atoms with E-state index >= 15 is 0 Å². The van der Waals surface area contributed by atoms with E-state index in [1.54, 1.807) is 30.3 Å². The van der Waals surface area contributed by atoms with E-state index in [2.05, 4.69) is 9.84 Å². The first-order valence-corrected chi connectivity index (χ1v) is 8.45. The van der Waals surface area contributed by atoms with Crippen LogP contribution in [-0.2, 0) is 22.3 Å². The maximum absolute atomic E-state index is 14.3. The van der Waals surface area contributed by atoms with Crippen molar-refractivity contribution in [3.8, 4) is 5.69 Å². The van der Waals surface area contributed by atoms with Crippen LogP contribution in [0.3, 0.4) is 0 Å². The number of esters is 1. The Labute approximate surface area is 166 Å². The normalized spacial score (nSPS) is 11.9. The fraction of sp³-hybridized carbons (Fsp3) is 0.150. The molecule has 0 amide bonds. The molecule has 0 aliphatic heterocycles. The molecule has 1 aromatic heterocycles. The molecule has 0 unspecified atom stereocenters. The maximum atomic E-state index is 14.3. The number of nitrogens with zero attached hydrogens (tertiary/aromatic N) is 2. The molecule has 0 atom stereocenters. The second-order valence-corrected chi connectivity index (χ2v) is 6.14. The van der Waals surface area contributed by atoms with Gasteiger partial charge >= 0.3 is 18.1 Å². The third-order valence-electron chi connectivity index (χ3n) is 4.09. The molecule has 0 saturated heterocycles. The van der Waals surface area contributed by atoms with Crippen LogP contribution in [0.15, 0.2) is 67.0 Å². The quantitative estimate of drug-likeness (QED) is 0.254. The molecule has 3 aromatic rings. The van der Waals surface area contributed by atoms with Crippen molar-refractivity contribution in [2.75, 3.05) is 0 Å². The van der Waals surface area contributed by atoms with Gasteiger partial charge in [-0.2, -0.15) is 27.1 Å². The van der Waals surface area contributed by atoms with Gasteiger partial charge in [-0.05, 0) is 18.2 Å². The number of carbonyl (C=O) groups is 2. The van der Waals surface area contributed by atoms with Crippen molar-refractivity contribution in [1.82, 2.24) is 9.78 Å². The van der Waals surface area contributed by atoms with Gasteiger partial charge in [0.2, 0.25) is 5.78 Å². The fourth-order valence-electron chi connectivity index (χ4n) is 2.59. The van der Waals surface area contributed by atoms with Crippen LogP contribution in [0.1, 0.15) is 21.5 Å². The molecule has 0 N–H and O–H groups in total. The molecule has 2 aromatic carbocycles. The highest BCUT2D eigenvalue weighted by Gasteiger charge is 2.50. The summed E-state index contributed by atoms with van der Waals surface area (Å²) in [6.07, 6.45) is -2.89. The van der Waals surface area contributed by atoms with Crippen molar-refractivity contribution < 1.29 is 36.3 Å². The molecule has 0 fully saturated rings. The number of benzene rings is 2. The van der Waals surface area contributed by atoms with E-state index in [1.807, 2.05) is 0 Å². The number of carbonyl (C=O) groups excluding carboxylic acids is 2. The van der Waals surface area contributed by atoms with Crippen molar-refractivity contribution in [2.45, 2.75) is 18.7 Å². The van der Waals surface area contributed by atoms with E-state index < -0.39 is 47.1 Å². The summed E-state index contributed by atoms with van der Waals surface area (Å²) in [6, 6.07) is 12.4. The molecule has 3 rings (SSSR count). The van der Waals surface area contributed by atoms with Crippen molar-refractivity contribution in [3.05, 3.63) is 83.7 Å². The molecule has 0 bridgehead atoms. The van der Waals surface area contributed by atoms with Gasteiger partial charge in [-0.25, -0.2) is 9.48 Å². The number of halogens is 5. The molecule has 0 spiro atoms. The van der Waals surface area contributed by atoms with Crippen LogP contribution < -0.4 is 0 Å². The Bertz CT molecular complexity index is 1060. The number of ether oxygens (including phenoxy) is 1. The summed E-state index contributed by atoms with van der Waals surface area (Å²) < 4.78 is 72.9. The van der Waals surface area contributed by atoms with Gasteiger partial charge in [-0.3, -0.25) is 4.79 Å². The second-order valence-electron chi connectivity index (χ2n) is 6.14. The summed E-state index contributed by atoms with van der Waals surface area (Å²) in [5.41, 5.74) is -1.71. The number of Topliss-reactive ketones (excluding diaryl/α,β-unsaturated/α-hetero) is 1. The molecule has 1 heterocycles. The first kappa shape index (κ1) is 21.2. The lowest BCUT2D eigenvalue weighted by Gasteiger charge is -2.15. The van der Waals surface area contributed by atoms with Gasteiger partial charge in [-0.1, -0.05) is 36.4 Å². The molecule has 0 radical (unpaired) electrons. The standard InChI is InChI=1S/C20H13F5N2O3/c21-19(22,17(28)14-10-26-27(11-14)15-7-2-1-3-8-15)18(29)30-12-13-6-4-5-9-16(13)20(23,24)25/h1-11H,12H2. The highest BCUT2D eigenvalue weighted by Crippen LogP contribution is 2.32. The molecule has 5 nitrogen and oxygen atoms in total. The lowest BCUT2D eigenvalue weighted by atomic mass is 10.1. The average molecular weight is 424 g/mol. The Balaban J connectivity index is 1.73. The van der Waals surface area contributed by atoms with E-state index in [-0.39, 0.29) is 0 Å². The number of aromatic nitrogens is 2. The molecular weight excluding hydrogens is 411 g/mol. The molecule has 0 aliphatic rings. The minimum atomic E-state index is -4.76. The minimum absolute atomic E-state index is 0.492. The molecule has 0 saturated carbocycles. The number of hydrogen-bond acceptors (Lipinski definition) is 4. The van der Waals surface area contributed by atoms with Crippen LogP contribution in [0, 0.1) is 0 Å². The number of ketones is 1. The zero-order chi connectivity index (χ0) is 21.9. The van der Waals surface area contributed by atoms with Crippen LogP contribution >= 0.6 is 0 Å². The Morgan fingerprint density at radius 2 is 1.57 bits per heavy atom. The predicted molar refractivity (Wildman–Crippen MR) is 94.1 cm³/mol. The van der Waals surface area contributed by atoms with Crippen LogP contribution in [0.5, 0.6) is 0 Å². The smallest absolute Gasteiger partial charge is 0.416 e. The second kappa shape index (κ2) is 8.05. The van der Waals surface area contributed by atoms with E-state index in [1.165, 1.54) is 6.07 Å². The Morgan fingerprint density at radius 3 is 2.23 bits per heavy atom. The summed E-state index contributed by atoms with van der Waals surface area (Å²) in [7, 11) is 0. The van der Waals surface area contributed by atoms with Crippen LogP contribution in [0.2, 0.25) is 0 Å². The van der Waals surface area contributed by atoms with Crippen LogP contribution in [-0.4, -0.2) is 27.5 Å². The first-order chi connectivity index (χ1) is 14.1. The fourth-order valence-corrected chi connectivity index (χ4v) is 2.59. The van der Waals surface area contributed by atoms with E-state index in [0.717, 1.165) is 35.3 Å². The Hall–Kier alpha value is -3.56. The SMILES string of the molecule is O=C(OCc1ccccc1C(F)(F)F)C(F)(F)C(=O)c1cnn(-c2ccccc2)c1. The Kier molecular flexibility index (Phi) is 5.68. The molecular formula is C20H13F5N2O3. The van der Waals surface area contributed by atoms with Gasteiger partial charge in [0.25, 0.3) is 0 Å². The maximum Gasteiger partial charge on any atom is 0.416 e. The van der Waals surface area contributed by atoms with Crippen molar-refractivity contribution in [2.24, 2.45) is 0 Å². The largest absolute Gasteiger partial charge is 0.456 e. The third-order valence-corrected chi connectivity index (χ3v) is 4.09. The summed E-state index contributed by atoms with van der Waals surface area (Å²) in [4.78, 5) is 23.9. The van der Waals surface area contributed by atoms with Gasteiger partial charge in [0.05, 0.1) is 23.0 Å². The van der Waals surface area contributed by atoms with Gasteiger partial charge < -0.3 is 4.74 Å². The topological polar surface area (TPSA) is 61.2 Å². The summed E-state index contributed by atoms with van der Waals surface area (Å²) in [5, 5.41) is 3.80. The molecule has 0 aliphatic carbocycles. The van der Waals surface area contributed by atoms with Gasteiger partial charge in [0, 0.05) is 11.8 Å². The van der Waals surface area contributed by atoms with Crippen molar-refractivity contribution >= 4 is 11.8 Å². The Morgan fingerprint density at radius 1 is 0.933 bits per heavy atom. The predicted octanol–water partition coefficient (Wildman–Crippen LogP) is 4.45. The zero-order valence-corrected chi connectivity index (χ0v) is 15.1. The average Bonchev–Trinajstić information content (AvgIpc) is 3.21. The van der Waals surface area contributed by atoms with E-state index in [4.69, 9.17) is 0 Å². The van der Waals surface area contributed by atoms with Crippen molar-refractivity contribution in [1.29, 1.82) is 0 Å². The number of alkyl halides is 5. The first-order valence-electron chi connectivity index (χ1n) is 8.45. The molecule has 10 heteroatoms. The summed E-state index contributed by atoms with van der Waals surface area (Å²) in [6.45, 7) is -1.07. The molecule has 30 heavy (non-hydrogen) atoms. The highest BCUT2D eigenvalue weighted by atomic mass is 19.4. The van der Waals surface area contributed by atoms with Gasteiger partial charge in [0.15, 0.2) is 0 Å². The number of rotatable bonds is 6. The zero-order valence-electron chi connectivity index (χ0n) is 15.1. The van der Waals surface area contributed by atoms with Gasteiger partial charge in [-0.15, -0.1) is 0 Å². The highest BCUT2D eigenvalue weighted by molar-refractivity contribution is 6.13. The minimum Gasteiger partial charge on any atom is -0.456 e. The number of para-hydroxylation sites is 1. The van der Waals surface area contributed by atoms with Gasteiger partial charge in [0.1, 0.15) is 6.61 Å². The van der Waals surface area contributed by atoms with Crippen molar-refractivity contribution in [3.63, 3.8) is 0 Å².